The summed E-state index contributed by atoms with van der Waals surface area (Å²) in [4.78, 5) is 18.7. The van der Waals surface area contributed by atoms with Crippen molar-refractivity contribution in [2.24, 2.45) is 0 Å². The van der Waals surface area contributed by atoms with E-state index < -0.39 is 0 Å². The molecule has 0 saturated carbocycles. The number of aryl methyl sites for hydroxylation is 1. The Morgan fingerprint density at radius 1 is 1.06 bits per heavy atom. The Morgan fingerprint density at radius 2 is 1.79 bits per heavy atom. The molecule has 0 atom stereocenters. The summed E-state index contributed by atoms with van der Waals surface area (Å²) in [5.41, 5.74) is 4.53. The number of hydrogen-bond donors (Lipinski definition) is 1. The Kier molecular flexibility index (Phi) is 6.58. The Bertz CT molecular complexity index is 1260. The van der Waals surface area contributed by atoms with Gasteiger partial charge in [0.1, 0.15) is 11.6 Å². The fraction of sp³-hybridized carbons (Fsp3) is 0.240. The number of benzene rings is 1. The highest BCUT2D eigenvalue weighted by atomic mass is 35.5. The zero-order chi connectivity index (χ0) is 23.7. The lowest BCUT2D eigenvalue weighted by molar-refractivity contribution is 0.331. The van der Waals surface area contributed by atoms with Crippen molar-refractivity contribution in [2.45, 2.75) is 6.92 Å². The summed E-state index contributed by atoms with van der Waals surface area (Å²) in [7, 11) is 1.85. The lowest BCUT2D eigenvalue weighted by Crippen LogP contribution is -2.46. The first-order chi connectivity index (χ1) is 15.9. The van der Waals surface area contributed by atoms with Crippen LogP contribution in [0.4, 0.5) is 11.5 Å². The van der Waals surface area contributed by atoms with Crippen molar-refractivity contribution >= 4 is 51.8 Å². The van der Waals surface area contributed by atoms with Gasteiger partial charge in [-0.1, -0.05) is 49.0 Å². The molecule has 6 nitrogen and oxygen atoms in total. The van der Waals surface area contributed by atoms with Crippen molar-refractivity contribution in [3.05, 3.63) is 71.1 Å². The number of pyridine rings is 1. The molecule has 0 radical (unpaired) electrons. The SMILES string of the molecule is C=CC(=C)N1CCN(c2nc(C)nc3nc(-c4c(Cl)ccc(NC)c4C=C)c(Cl)cc23)CC1. The summed E-state index contributed by atoms with van der Waals surface area (Å²) in [5, 5.41) is 5.00. The molecule has 3 heterocycles. The average molecular weight is 481 g/mol. The van der Waals surface area contributed by atoms with Crippen LogP contribution in [0.2, 0.25) is 10.0 Å². The van der Waals surface area contributed by atoms with E-state index >= 15 is 0 Å². The Labute approximate surface area is 204 Å². The molecule has 33 heavy (non-hydrogen) atoms. The van der Waals surface area contributed by atoms with Gasteiger partial charge in [0.05, 0.1) is 21.1 Å². The monoisotopic (exact) mass is 480 g/mol. The third-order valence-electron chi connectivity index (χ3n) is 5.86. The molecule has 170 valence electrons. The summed E-state index contributed by atoms with van der Waals surface area (Å²) in [5.74, 6) is 1.48. The zero-order valence-corrected chi connectivity index (χ0v) is 20.3. The molecule has 4 rings (SSSR count). The van der Waals surface area contributed by atoms with E-state index in [0.29, 0.717) is 27.2 Å². The maximum atomic E-state index is 6.79. The molecule has 1 aromatic carbocycles. The minimum absolute atomic E-state index is 0.480. The molecule has 0 unspecified atom stereocenters. The van der Waals surface area contributed by atoms with Crippen molar-refractivity contribution < 1.29 is 0 Å². The Balaban J connectivity index is 1.82. The molecule has 1 fully saturated rings. The normalized spacial score (nSPS) is 13.8. The number of anilines is 2. The number of piperazine rings is 1. The molecule has 1 aliphatic heterocycles. The van der Waals surface area contributed by atoms with Crippen molar-refractivity contribution in [3.8, 4) is 11.3 Å². The number of nitrogens with zero attached hydrogens (tertiary/aromatic N) is 5. The minimum atomic E-state index is 0.480. The first-order valence-corrected chi connectivity index (χ1v) is 11.4. The van der Waals surface area contributed by atoms with Crippen LogP contribution < -0.4 is 10.2 Å². The van der Waals surface area contributed by atoms with E-state index in [1.165, 1.54) is 0 Å². The number of allylic oxidation sites excluding steroid dienone is 1. The number of rotatable bonds is 6. The van der Waals surface area contributed by atoms with Gasteiger partial charge in [-0.2, -0.15) is 0 Å². The topological polar surface area (TPSA) is 57.2 Å². The van der Waals surface area contributed by atoms with Crippen molar-refractivity contribution in [1.29, 1.82) is 0 Å². The van der Waals surface area contributed by atoms with E-state index in [-0.39, 0.29) is 0 Å². The second kappa shape index (κ2) is 9.41. The highest BCUT2D eigenvalue weighted by Crippen LogP contribution is 2.40. The molecular weight excluding hydrogens is 455 g/mol. The second-order valence-electron chi connectivity index (χ2n) is 7.79. The molecule has 0 aliphatic carbocycles. The summed E-state index contributed by atoms with van der Waals surface area (Å²) < 4.78 is 0. The molecule has 0 bridgehead atoms. The summed E-state index contributed by atoms with van der Waals surface area (Å²) in [6.07, 6.45) is 3.54. The van der Waals surface area contributed by atoms with Crippen LogP contribution in [-0.2, 0) is 0 Å². The van der Waals surface area contributed by atoms with Gasteiger partial charge in [-0.3, -0.25) is 0 Å². The summed E-state index contributed by atoms with van der Waals surface area (Å²) in [6.45, 7) is 17.0. The number of nitrogens with one attached hydrogen (secondary N) is 1. The molecule has 0 amide bonds. The summed E-state index contributed by atoms with van der Waals surface area (Å²) in [6, 6.07) is 5.62. The first-order valence-electron chi connectivity index (χ1n) is 10.7. The van der Waals surface area contributed by atoms with E-state index in [9.17, 15) is 0 Å². The predicted octanol–water partition coefficient (Wildman–Crippen LogP) is 5.81. The minimum Gasteiger partial charge on any atom is -0.388 e. The van der Waals surface area contributed by atoms with E-state index in [2.05, 4.69) is 39.8 Å². The number of halogens is 2. The van der Waals surface area contributed by atoms with Gasteiger partial charge in [-0.25, -0.2) is 15.0 Å². The van der Waals surface area contributed by atoms with Crippen LogP contribution in [0.25, 0.3) is 28.4 Å². The van der Waals surface area contributed by atoms with Crippen LogP contribution >= 0.6 is 23.2 Å². The highest BCUT2D eigenvalue weighted by Gasteiger charge is 2.23. The van der Waals surface area contributed by atoms with Crippen LogP contribution in [0.3, 0.4) is 0 Å². The van der Waals surface area contributed by atoms with Crippen molar-refractivity contribution in [1.82, 2.24) is 19.9 Å². The van der Waals surface area contributed by atoms with Crippen molar-refractivity contribution in [2.75, 3.05) is 43.4 Å². The second-order valence-corrected chi connectivity index (χ2v) is 8.61. The molecule has 2 aromatic heterocycles. The standard InChI is InChI=1S/C25H26Cl2N6/c1-6-15(3)32-10-12-33(13-11-32)25-18-14-20(27)23(31-24(18)29-16(4)30-25)22-17(7-2)21(28-5)9-8-19(22)26/h6-9,14,28H,1-3,10-13H2,4-5H3. The van der Waals surface area contributed by atoms with Gasteiger partial charge < -0.3 is 15.1 Å². The van der Waals surface area contributed by atoms with Gasteiger partial charge in [-0.15, -0.1) is 0 Å². The molecular formula is C25H26Cl2N6. The smallest absolute Gasteiger partial charge is 0.165 e. The van der Waals surface area contributed by atoms with Crippen molar-refractivity contribution in [3.63, 3.8) is 0 Å². The molecule has 1 aliphatic rings. The number of fused-ring (bicyclic) bond motifs is 1. The third kappa shape index (κ3) is 4.28. The van der Waals surface area contributed by atoms with Crippen LogP contribution in [0.15, 0.2) is 49.7 Å². The van der Waals surface area contributed by atoms with Crippen LogP contribution in [-0.4, -0.2) is 53.1 Å². The lowest BCUT2D eigenvalue weighted by Gasteiger charge is -2.37. The number of aromatic nitrogens is 3. The molecule has 0 spiro atoms. The van der Waals surface area contributed by atoms with E-state index in [4.69, 9.17) is 33.2 Å². The van der Waals surface area contributed by atoms with Gasteiger partial charge in [0.15, 0.2) is 5.65 Å². The molecule has 1 N–H and O–H groups in total. The quantitative estimate of drug-likeness (QED) is 0.449. The zero-order valence-electron chi connectivity index (χ0n) is 18.8. The Morgan fingerprint density at radius 3 is 2.42 bits per heavy atom. The van der Waals surface area contributed by atoms with Gasteiger partial charge >= 0.3 is 0 Å². The van der Waals surface area contributed by atoms with E-state index in [1.807, 2.05) is 32.2 Å². The first kappa shape index (κ1) is 23.1. The Hall–Kier alpha value is -3.09. The van der Waals surface area contributed by atoms with Crippen LogP contribution in [0.5, 0.6) is 0 Å². The van der Waals surface area contributed by atoms with Crippen LogP contribution in [0, 0.1) is 6.92 Å². The van der Waals surface area contributed by atoms with Gasteiger partial charge in [0.25, 0.3) is 0 Å². The average Bonchev–Trinajstić information content (AvgIpc) is 2.83. The summed E-state index contributed by atoms with van der Waals surface area (Å²) >= 11 is 13.4. The largest absolute Gasteiger partial charge is 0.388 e. The lowest BCUT2D eigenvalue weighted by atomic mass is 10.0. The van der Waals surface area contributed by atoms with Gasteiger partial charge in [-0.05, 0) is 31.2 Å². The number of hydrogen-bond acceptors (Lipinski definition) is 6. The van der Waals surface area contributed by atoms with Gasteiger partial charge in [0, 0.05) is 55.7 Å². The third-order valence-corrected chi connectivity index (χ3v) is 6.46. The maximum Gasteiger partial charge on any atom is 0.165 e. The van der Waals surface area contributed by atoms with Gasteiger partial charge in [0.2, 0.25) is 0 Å². The molecule has 3 aromatic rings. The van der Waals surface area contributed by atoms with E-state index in [0.717, 1.165) is 59.9 Å². The van der Waals surface area contributed by atoms with E-state index in [1.54, 1.807) is 12.2 Å². The maximum absolute atomic E-state index is 6.79. The fourth-order valence-corrected chi connectivity index (χ4v) is 4.64. The molecule has 8 heteroatoms. The van der Waals surface area contributed by atoms with Crippen LogP contribution in [0.1, 0.15) is 11.4 Å². The fourth-order valence-electron chi connectivity index (χ4n) is 4.14. The molecule has 1 saturated heterocycles. The highest BCUT2D eigenvalue weighted by molar-refractivity contribution is 6.37. The predicted molar refractivity (Wildman–Crippen MR) is 140 cm³/mol.